The van der Waals surface area contributed by atoms with Gasteiger partial charge in [0.05, 0.1) is 0 Å². The minimum atomic E-state index is -4.51. The van der Waals surface area contributed by atoms with Crippen LogP contribution in [0.5, 0.6) is 5.75 Å². The Kier molecular flexibility index (Phi) is 7.06. The van der Waals surface area contributed by atoms with Crippen LogP contribution >= 0.6 is 0 Å². The predicted octanol–water partition coefficient (Wildman–Crippen LogP) is 8.83. The topological polar surface area (TPSA) is 9.23 Å². The molecule has 1 saturated carbocycles. The van der Waals surface area contributed by atoms with E-state index < -0.39 is 24.3 Å². The Bertz CT molecular complexity index is 1090. The molecule has 1 nitrogen and oxygen atoms in total. The largest absolute Gasteiger partial charge is 0.481 e. The van der Waals surface area contributed by atoms with Crippen LogP contribution in [0.15, 0.2) is 67.3 Å². The first-order valence-corrected chi connectivity index (χ1v) is 11.5. The van der Waals surface area contributed by atoms with Crippen molar-refractivity contribution in [1.82, 2.24) is 0 Å². The summed E-state index contributed by atoms with van der Waals surface area (Å²) < 4.78 is 56.4. The fourth-order valence-corrected chi connectivity index (χ4v) is 4.81. The first-order chi connectivity index (χ1) is 15.8. The van der Waals surface area contributed by atoms with Gasteiger partial charge in [-0.3, -0.25) is 0 Å². The average molecular weight is 457 g/mol. The van der Waals surface area contributed by atoms with Gasteiger partial charge in [0.1, 0.15) is 0 Å². The number of ether oxygens (including phenoxy) is 1. The summed E-state index contributed by atoms with van der Waals surface area (Å²) in [4.78, 5) is 0. The lowest BCUT2D eigenvalue weighted by Crippen LogP contribution is -2.19. The van der Waals surface area contributed by atoms with Crippen molar-refractivity contribution < 1.29 is 22.3 Å². The Morgan fingerprint density at radius 3 is 2.27 bits per heavy atom. The van der Waals surface area contributed by atoms with Crippen molar-refractivity contribution in [2.24, 2.45) is 5.92 Å². The highest BCUT2D eigenvalue weighted by Gasteiger charge is 2.29. The van der Waals surface area contributed by atoms with E-state index in [4.69, 9.17) is 0 Å². The van der Waals surface area contributed by atoms with Gasteiger partial charge in [0.2, 0.25) is 0 Å². The smallest absolute Gasteiger partial charge is 0.422 e. The van der Waals surface area contributed by atoms with Gasteiger partial charge in [0.25, 0.3) is 0 Å². The van der Waals surface area contributed by atoms with E-state index in [1.54, 1.807) is 18.2 Å². The number of allylic oxidation sites excluding steroid dienone is 1. The molecule has 5 heteroatoms. The lowest BCUT2D eigenvalue weighted by Gasteiger charge is -2.28. The maximum atomic E-state index is 14.6. The van der Waals surface area contributed by atoms with E-state index in [1.807, 2.05) is 12.1 Å². The lowest BCUT2D eigenvalue weighted by atomic mass is 9.77. The van der Waals surface area contributed by atoms with Crippen molar-refractivity contribution in [1.29, 1.82) is 0 Å². The molecular weight excluding hydrogens is 428 g/mol. The van der Waals surface area contributed by atoms with E-state index >= 15 is 0 Å². The zero-order valence-electron chi connectivity index (χ0n) is 18.5. The normalized spacial score (nSPS) is 18.9. The van der Waals surface area contributed by atoms with Crippen LogP contribution in [-0.4, -0.2) is 12.8 Å². The molecular formula is C28H28F4O. The number of alkyl halides is 3. The van der Waals surface area contributed by atoms with Crippen molar-refractivity contribution in [2.45, 2.75) is 50.6 Å². The molecule has 0 heterocycles. The number of fused-ring (bicyclic) bond motifs is 1. The van der Waals surface area contributed by atoms with Gasteiger partial charge in [-0.25, -0.2) is 4.39 Å². The van der Waals surface area contributed by atoms with Crippen LogP contribution in [-0.2, 0) is 0 Å². The third-order valence-corrected chi connectivity index (χ3v) is 6.65. The highest BCUT2D eigenvalue weighted by atomic mass is 19.4. The zero-order valence-corrected chi connectivity index (χ0v) is 18.5. The van der Waals surface area contributed by atoms with Gasteiger partial charge in [-0.2, -0.15) is 13.2 Å². The minimum Gasteiger partial charge on any atom is -0.481 e. The first kappa shape index (κ1) is 23.3. The lowest BCUT2D eigenvalue weighted by molar-refractivity contribution is -0.153. The van der Waals surface area contributed by atoms with E-state index in [0.29, 0.717) is 11.3 Å². The number of benzene rings is 3. The monoisotopic (exact) mass is 456 g/mol. The Labute approximate surface area is 192 Å². The van der Waals surface area contributed by atoms with Crippen LogP contribution in [0.2, 0.25) is 0 Å². The van der Waals surface area contributed by atoms with E-state index in [2.05, 4.69) is 35.6 Å². The second-order valence-electron chi connectivity index (χ2n) is 8.92. The second-order valence-corrected chi connectivity index (χ2v) is 8.92. The van der Waals surface area contributed by atoms with Crippen LogP contribution in [0, 0.1) is 11.7 Å². The SMILES string of the molecule is C=CCCC1CCC(c2ccc(-c3ccc4c(F)c(OCC(F)(F)F)ccc4c3)cc2)CC1. The Morgan fingerprint density at radius 1 is 0.909 bits per heavy atom. The molecule has 0 aliphatic heterocycles. The van der Waals surface area contributed by atoms with Gasteiger partial charge in [-0.05, 0) is 84.6 Å². The molecule has 1 fully saturated rings. The molecule has 0 bridgehead atoms. The molecule has 0 aromatic heterocycles. The van der Waals surface area contributed by atoms with E-state index in [1.165, 1.54) is 43.7 Å². The molecule has 1 aliphatic rings. The zero-order chi connectivity index (χ0) is 23.4. The molecule has 0 radical (unpaired) electrons. The first-order valence-electron chi connectivity index (χ1n) is 11.5. The Morgan fingerprint density at radius 2 is 1.61 bits per heavy atom. The molecule has 3 aromatic rings. The van der Waals surface area contributed by atoms with Gasteiger partial charge in [0, 0.05) is 5.39 Å². The predicted molar refractivity (Wildman–Crippen MR) is 125 cm³/mol. The van der Waals surface area contributed by atoms with Crippen molar-refractivity contribution in [3.8, 4) is 16.9 Å². The number of rotatable bonds is 7. The van der Waals surface area contributed by atoms with Crippen LogP contribution in [0.3, 0.4) is 0 Å². The molecule has 0 unspecified atom stereocenters. The molecule has 0 atom stereocenters. The number of hydrogen-bond donors (Lipinski definition) is 0. The molecule has 0 N–H and O–H groups in total. The van der Waals surface area contributed by atoms with Crippen molar-refractivity contribution in [3.63, 3.8) is 0 Å². The van der Waals surface area contributed by atoms with Gasteiger partial charge in [-0.15, -0.1) is 6.58 Å². The number of hydrogen-bond acceptors (Lipinski definition) is 1. The standard InChI is InChI=1S/C28H28F4O/c1-2-3-4-19-5-7-20(8-6-19)21-9-11-22(12-10-21)23-13-15-25-24(17-23)14-16-26(27(25)29)33-18-28(30,31)32/h2,9-17,19-20H,1,3-8,18H2. The average Bonchev–Trinajstić information content (AvgIpc) is 2.82. The van der Waals surface area contributed by atoms with Crippen LogP contribution in [0.1, 0.15) is 50.0 Å². The van der Waals surface area contributed by atoms with Crippen LogP contribution < -0.4 is 4.74 Å². The quantitative estimate of drug-likeness (QED) is 0.255. The summed E-state index contributed by atoms with van der Waals surface area (Å²) in [5.41, 5.74) is 3.32. The third kappa shape index (κ3) is 5.76. The Hall–Kier alpha value is -2.82. The summed E-state index contributed by atoms with van der Waals surface area (Å²) in [6, 6.07) is 16.6. The minimum absolute atomic E-state index is 0.239. The fraction of sp³-hybridized carbons (Fsp3) is 0.357. The van der Waals surface area contributed by atoms with E-state index in [-0.39, 0.29) is 5.39 Å². The summed E-state index contributed by atoms with van der Waals surface area (Å²) in [5, 5.41) is 0.856. The maximum absolute atomic E-state index is 14.6. The highest BCUT2D eigenvalue weighted by Crippen LogP contribution is 2.38. The summed E-state index contributed by atoms with van der Waals surface area (Å²) >= 11 is 0. The van der Waals surface area contributed by atoms with Crippen molar-refractivity contribution in [2.75, 3.05) is 6.61 Å². The molecule has 3 aromatic carbocycles. The van der Waals surface area contributed by atoms with Gasteiger partial charge in [0.15, 0.2) is 18.2 Å². The fourth-order valence-electron chi connectivity index (χ4n) is 4.81. The van der Waals surface area contributed by atoms with Crippen molar-refractivity contribution >= 4 is 10.8 Å². The summed E-state index contributed by atoms with van der Waals surface area (Å²) in [6.07, 6.45) is 4.81. The summed E-state index contributed by atoms with van der Waals surface area (Å²) in [5.74, 6) is 0.245. The van der Waals surface area contributed by atoms with E-state index in [0.717, 1.165) is 23.5 Å². The molecule has 174 valence electrons. The Balaban J connectivity index is 1.46. The van der Waals surface area contributed by atoms with Crippen LogP contribution in [0.4, 0.5) is 17.6 Å². The molecule has 4 rings (SSSR count). The van der Waals surface area contributed by atoms with Gasteiger partial charge in [-0.1, -0.05) is 48.5 Å². The molecule has 0 spiro atoms. The highest BCUT2D eigenvalue weighted by molar-refractivity contribution is 5.89. The molecule has 0 amide bonds. The molecule has 33 heavy (non-hydrogen) atoms. The maximum Gasteiger partial charge on any atom is 0.422 e. The number of halogens is 4. The van der Waals surface area contributed by atoms with E-state index in [9.17, 15) is 17.6 Å². The summed E-state index contributed by atoms with van der Waals surface area (Å²) in [6.45, 7) is 2.30. The second kappa shape index (κ2) is 9.98. The summed E-state index contributed by atoms with van der Waals surface area (Å²) in [7, 11) is 0. The molecule has 1 aliphatic carbocycles. The van der Waals surface area contributed by atoms with Gasteiger partial charge < -0.3 is 4.74 Å². The van der Waals surface area contributed by atoms with Crippen LogP contribution in [0.25, 0.3) is 21.9 Å². The van der Waals surface area contributed by atoms with Crippen molar-refractivity contribution in [3.05, 3.63) is 78.6 Å². The van der Waals surface area contributed by atoms with Gasteiger partial charge >= 0.3 is 6.18 Å². The molecule has 0 saturated heterocycles. The third-order valence-electron chi connectivity index (χ3n) is 6.65.